The molecule has 59 heavy (non-hydrogen) atoms. The van der Waals surface area contributed by atoms with Crippen molar-refractivity contribution in [1.29, 1.82) is 0 Å². The highest BCUT2D eigenvalue weighted by Crippen LogP contribution is 2.62. The van der Waals surface area contributed by atoms with E-state index in [0.29, 0.717) is 0 Å². The molecule has 4 heterocycles. The van der Waals surface area contributed by atoms with Gasteiger partial charge in [0, 0.05) is 48.7 Å². The Morgan fingerprint density at radius 1 is 0.407 bits per heavy atom. The lowest BCUT2D eigenvalue weighted by Crippen LogP contribution is -2.32. The lowest BCUT2D eigenvalue weighted by molar-refractivity contribution is 0.436. The van der Waals surface area contributed by atoms with E-state index >= 15 is 0 Å². The van der Waals surface area contributed by atoms with Crippen molar-refractivity contribution < 1.29 is 4.74 Å². The van der Waals surface area contributed by atoms with Gasteiger partial charge in [-0.25, -0.2) is 15.0 Å². The van der Waals surface area contributed by atoms with Crippen molar-refractivity contribution >= 4 is 53.3 Å². The molecule has 3 aromatic heterocycles. The van der Waals surface area contributed by atoms with Gasteiger partial charge in [0.2, 0.25) is 0 Å². The number of hydrogen-bond donors (Lipinski definition) is 0. The van der Waals surface area contributed by atoms with Crippen LogP contribution in [0.4, 0.5) is 0 Å². The van der Waals surface area contributed by atoms with Crippen LogP contribution in [0.5, 0.6) is 11.5 Å². The second-order valence-electron chi connectivity index (χ2n) is 15.4. The molecule has 1 aliphatic carbocycles. The summed E-state index contributed by atoms with van der Waals surface area (Å²) in [4.78, 5) is 15.8. The zero-order chi connectivity index (χ0) is 38.7. The van der Waals surface area contributed by atoms with Crippen molar-refractivity contribution in [2.24, 2.45) is 0 Å². The minimum Gasteiger partial charge on any atom is -0.457 e. The maximum Gasteiger partial charge on any atom is 0.160 e. The van der Waals surface area contributed by atoms with Crippen LogP contribution >= 0.6 is 11.3 Å². The summed E-state index contributed by atoms with van der Waals surface area (Å²) in [5, 5.41) is 4.59. The predicted molar refractivity (Wildman–Crippen MR) is 241 cm³/mol. The Hall–Kier alpha value is -7.47. The third-order valence-electron chi connectivity index (χ3n) is 12.4. The minimum atomic E-state index is -0.572. The molecule has 1 spiro atoms. The number of pyridine rings is 1. The summed E-state index contributed by atoms with van der Waals surface area (Å²) in [6.07, 6.45) is 0. The molecule has 0 unspecified atom stereocenters. The van der Waals surface area contributed by atoms with Crippen molar-refractivity contribution in [3.8, 4) is 56.5 Å². The number of benzene rings is 8. The summed E-state index contributed by atoms with van der Waals surface area (Å²) in [7, 11) is 0. The molecule has 11 aromatic rings. The molecule has 0 saturated heterocycles. The number of nitrogens with zero attached hydrogens (tertiary/aromatic N) is 3. The fourth-order valence-corrected chi connectivity index (χ4v) is 11.0. The third-order valence-corrected chi connectivity index (χ3v) is 13.5. The Labute approximate surface area is 343 Å². The monoisotopic (exact) mass is 769 g/mol. The van der Waals surface area contributed by atoms with Gasteiger partial charge in [0.15, 0.2) is 5.82 Å². The summed E-state index contributed by atoms with van der Waals surface area (Å²) in [6.45, 7) is 0. The first-order chi connectivity index (χ1) is 29.2. The van der Waals surface area contributed by atoms with Crippen molar-refractivity contribution in [2.45, 2.75) is 5.41 Å². The van der Waals surface area contributed by atoms with Gasteiger partial charge in [-0.15, -0.1) is 11.3 Å². The number of rotatable bonds is 3. The minimum absolute atomic E-state index is 0.572. The van der Waals surface area contributed by atoms with Gasteiger partial charge in [0.1, 0.15) is 11.5 Å². The van der Waals surface area contributed by atoms with Crippen LogP contribution in [0.3, 0.4) is 0 Å². The molecule has 0 atom stereocenters. The molecule has 274 valence electrons. The van der Waals surface area contributed by atoms with E-state index in [4.69, 9.17) is 19.7 Å². The van der Waals surface area contributed by atoms with Crippen molar-refractivity contribution in [2.75, 3.05) is 0 Å². The summed E-state index contributed by atoms with van der Waals surface area (Å²) >= 11 is 1.75. The number of aromatic nitrogens is 3. The van der Waals surface area contributed by atoms with Gasteiger partial charge < -0.3 is 4.74 Å². The van der Waals surface area contributed by atoms with Crippen LogP contribution in [0.25, 0.3) is 87.0 Å². The molecule has 0 radical (unpaired) electrons. The van der Waals surface area contributed by atoms with Crippen molar-refractivity contribution in [1.82, 2.24) is 15.0 Å². The Bertz CT molecular complexity index is 3490. The summed E-state index contributed by atoms with van der Waals surface area (Å²) in [5.41, 5.74) is 13.7. The van der Waals surface area contributed by atoms with Crippen LogP contribution in [0.2, 0.25) is 0 Å². The average molecular weight is 770 g/mol. The van der Waals surface area contributed by atoms with E-state index in [2.05, 4.69) is 170 Å². The highest BCUT2D eigenvalue weighted by atomic mass is 32.1. The van der Waals surface area contributed by atoms with Gasteiger partial charge in [-0.1, -0.05) is 152 Å². The van der Waals surface area contributed by atoms with Gasteiger partial charge in [-0.05, 0) is 64.0 Å². The van der Waals surface area contributed by atoms with Crippen LogP contribution in [-0.4, -0.2) is 15.0 Å². The molecule has 8 aromatic carbocycles. The van der Waals surface area contributed by atoms with E-state index in [1.165, 1.54) is 32.3 Å². The lowest BCUT2D eigenvalue weighted by Gasteiger charge is -2.39. The standard InChI is InChI=1S/C54H31N3OS/c1-2-14-34(15-3-1)53-56-50(52-51(57-53)37-18-6-13-25-48(37)59-52)33-28-26-32(27-29-33)49-40-31-44-39(30-38(40)36-17-5-10-22-45(36)55-49)35-16-4-7-19-41(35)54(44)42-20-8-11-23-46(42)58-47-24-12-9-21-43(47)54/h1-31H. The SMILES string of the molecule is c1ccc(-c2nc(-c3ccc(-c4nc5ccccc5c5cc6c(cc45)C4(c5ccccc5Oc5ccccc54)c4ccccc4-6)cc3)c3sc4ccccc4c3n2)cc1. The molecule has 0 N–H and O–H groups in total. The maximum atomic E-state index is 6.64. The number of fused-ring (bicyclic) bond motifs is 15. The van der Waals surface area contributed by atoms with E-state index in [-0.39, 0.29) is 0 Å². The molecule has 4 nitrogen and oxygen atoms in total. The summed E-state index contributed by atoms with van der Waals surface area (Å²) < 4.78 is 8.93. The number of thiophene rings is 1. The Morgan fingerprint density at radius 3 is 1.81 bits per heavy atom. The molecule has 0 saturated carbocycles. The van der Waals surface area contributed by atoms with Gasteiger partial charge >= 0.3 is 0 Å². The largest absolute Gasteiger partial charge is 0.457 e. The molecule has 1 aliphatic heterocycles. The fraction of sp³-hybridized carbons (Fsp3) is 0.0185. The van der Waals surface area contributed by atoms with Crippen molar-refractivity contribution in [3.05, 3.63) is 210 Å². The van der Waals surface area contributed by atoms with Crippen LogP contribution in [-0.2, 0) is 5.41 Å². The van der Waals surface area contributed by atoms with Gasteiger partial charge in [0.05, 0.1) is 32.5 Å². The highest BCUT2D eigenvalue weighted by Gasteiger charge is 2.51. The third kappa shape index (κ3) is 4.56. The number of para-hydroxylation sites is 3. The Kier molecular flexibility index (Phi) is 6.78. The molecule has 0 bridgehead atoms. The molecular weight excluding hydrogens is 739 g/mol. The molecule has 0 fully saturated rings. The first kappa shape index (κ1) is 32.6. The van der Waals surface area contributed by atoms with Crippen LogP contribution in [0, 0.1) is 0 Å². The highest BCUT2D eigenvalue weighted by molar-refractivity contribution is 7.26. The van der Waals surface area contributed by atoms with E-state index in [9.17, 15) is 0 Å². The van der Waals surface area contributed by atoms with E-state index in [1.54, 1.807) is 11.3 Å². The Morgan fingerprint density at radius 2 is 1.03 bits per heavy atom. The van der Waals surface area contributed by atoms with Gasteiger partial charge in [-0.3, -0.25) is 0 Å². The van der Waals surface area contributed by atoms with Crippen LogP contribution in [0.1, 0.15) is 22.3 Å². The topological polar surface area (TPSA) is 47.9 Å². The quantitative estimate of drug-likeness (QED) is 0.168. The number of hydrogen-bond acceptors (Lipinski definition) is 5. The summed E-state index contributed by atoms with van der Waals surface area (Å²) in [5.74, 6) is 2.49. The second-order valence-corrected chi connectivity index (χ2v) is 16.5. The lowest BCUT2D eigenvalue weighted by atomic mass is 9.66. The number of ether oxygens (including phenoxy) is 1. The maximum absolute atomic E-state index is 6.64. The molecule has 0 amide bonds. The zero-order valence-electron chi connectivity index (χ0n) is 31.6. The normalized spacial score (nSPS) is 13.4. The molecule has 2 aliphatic rings. The molecular formula is C54H31N3OS. The Balaban J connectivity index is 1.06. The first-order valence-electron chi connectivity index (χ1n) is 19.9. The summed E-state index contributed by atoms with van der Waals surface area (Å²) in [6, 6.07) is 67.0. The van der Waals surface area contributed by atoms with Gasteiger partial charge in [0.25, 0.3) is 0 Å². The smallest absolute Gasteiger partial charge is 0.160 e. The second kappa shape index (κ2) is 12.3. The molecule has 5 heteroatoms. The average Bonchev–Trinajstić information content (AvgIpc) is 3.82. The first-order valence-corrected chi connectivity index (χ1v) is 20.7. The van der Waals surface area contributed by atoms with Crippen LogP contribution in [0.15, 0.2) is 188 Å². The van der Waals surface area contributed by atoms with Crippen LogP contribution < -0.4 is 4.74 Å². The predicted octanol–water partition coefficient (Wildman–Crippen LogP) is 14.0. The molecule has 13 rings (SSSR count). The van der Waals surface area contributed by atoms with Gasteiger partial charge in [-0.2, -0.15) is 0 Å². The van der Waals surface area contributed by atoms with E-state index in [1.807, 2.05) is 18.2 Å². The van der Waals surface area contributed by atoms with E-state index in [0.717, 1.165) is 88.4 Å². The fourth-order valence-electron chi connectivity index (χ4n) is 9.80. The zero-order valence-corrected chi connectivity index (χ0v) is 32.4. The van der Waals surface area contributed by atoms with Crippen molar-refractivity contribution in [3.63, 3.8) is 0 Å². The van der Waals surface area contributed by atoms with E-state index < -0.39 is 5.41 Å².